The minimum Gasteiger partial charge on any atom is -0.384 e. The number of nitrogens with one attached hydrogen (secondary N) is 2. The lowest BCUT2D eigenvalue weighted by Crippen LogP contribution is -2.36. The van der Waals surface area contributed by atoms with Crippen molar-refractivity contribution in [2.24, 2.45) is 0 Å². The molecule has 0 fully saturated rings. The fourth-order valence-corrected chi connectivity index (χ4v) is 1.32. The van der Waals surface area contributed by atoms with Crippen LogP contribution in [0.5, 0.6) is 0 Å². The first-order chi connectivity index (χ1) is 9.31. The van der Waals surface area contributed by atoms with Crippen molar-refractivity contribution in [1.82, 2.24) is 5.32 Å². The molecule has 3 N–H and O–H groups in total. The fraction of sp³-hybridized carbons (Fsp3) is 0.308. The molecule has 2 amide bonds. The monoisotopic (exact) mass is 286 g/mol. The zero-order chi connectivity index (χ0) is 15.2. The number of urea groups is 1. The number of benzene rings is 1. The number of hydrogen-bond donors (Lipinski definition) is 3. The van der Waals surface area contributed by atoms with Crippen LogP contribution in [0.15, 0.2) is 18.2 Å². The van der Waals surface area contributed by atoms with Gasteiger partial charge >= 0.3 is 12.2 Å². The van der Waals surface area contributed by atoms with Crippen LogP contribution >= 0.6 is 0 Å². The highest BCUT2D eigenvalue weighted by Crippen LogP contribution is 2.17. The van der Waals surface area contributed by atoms with Gasteiger partial charge in [0.15, 0.2) is 0 Å². The molecule has 0 aliphatic heterocycles. The van der Waals surface area contributed by atoms with Crippen LogP contribution in [-0.2, 0) is 0 Å². The molecule has 0 spiro atoms. The zero-order valence-corrected chi connectivity index (χ0v) is 10.6. The van der Waals surface area contributed by atoms with Crippen LogP contribution in [0.1, 0.15) is 11.1 Å². The Labute approximate surface area is 114 Å². The van der Waals surface area contributed by atoms with Crippen LogP contribution in [0.2, 0.25) is 0 Å². The summed E-state index contributed by atoms with van der Waals surface area (Å²) in [5.74, 6) is 5.08. The first kappa shape index (κ1) is 15.9. The average Bonchev–Trinajstić information content (AvgIpc) is 2.36. The topological polar surface area (TPSA) is 61.4 Å². The van der Waals surface area contributed by atoms with Gasteiger partial charge in [-0.2, -0.15) is 13.2 Å². The zero-order valence-electron chi connectivity index (χ0n) is 10.6. The minimum atomic E-state index is -4.46. The Hall–Kier alpha value is -2.20. The lowest BCUT2D eigenvalue weighted by molar-refractivity contribution is -0.122. The number of aliphatic hydroxyl groups excluding tert-OH is 1. The van der Waals surface area contributed by atoms with Gasteiger partial charge in [-0.3, -0.25) is 0 Å². The van der Waals surface area contributed by atoms with Crippen LogP contribution in [0.25, 0.3) is 0 Å². The highest BCUT2D eigenvalue weighted by molar-refractivity contribution is 5.90. The van der Waals surface area contributed by atoms with E-state index in [-0.39, 0.29) is 6.61 Å². The number of aliphatic hydroxyl groups is 1. The first-order valence-electron chi connectivity index (χ1n) is 5.64. The van der Waals surface area contributed by atoms with Crippen molar-refractivity contribution in [2.75, 3.05) is 18.5 Å². The third kappa shape index (κ3) is 5.63. The van der Waals surface area contributed by atoms with Gasteiger partial charge in [0.1, 0.15) is 13.2 Å². The van der Waals surface area contributed by atoms with Crippen LogP contribution in [-0.4, -0.2) is 30.5 Å². The predicted molar refractivity (Wildman–Crippen MR) is 68.2 cm³/mol. The molecular weight excluding hydrogens is 273 g/mol. The summed E-state index contributed by atoms with van der Waals surface area (Å²) in [6.07, 6.45) is -4.46. The molecule has 4 nitrogen and oxygen atoms in total. The molecule has 108 valence electrons. The van der Waals surface area contributed by atoms with Crippen molar-refractivity contribution in [3.8, 4) is 11.8 Å². The Balaban J connectivity index is 2.73. The summed E-state index contributed by atoms with van der Waals surface area (Å²) in [4.78, 5) is 11.3. The number of halogens is 3. The van der Waals surface area contributed by atoms with Crippen LogP contribution in [0, 0.1) is 18.8 Å². The van der Waals surface area contributed by atoms with Crippen LogP contribution < -0.4 is 10.6 Å². The predicted octanol–water partition coefficient (Wildman–Crippen LogP) is 2.02. The van der Waals surface area contributed by atoms with Gasteiger partial charge in [0.25, 0.3) is 0 Å². The molecule has 1 rings (SSSR count). The number of aryl methyl sites for hydroxylation is 1. The molecule has 0 radical (unpaired) electrons. The number of anilines is 1. The summed E-state index contributed by atoms with van der Waals surface area (Å²) in [5.41, 5.74) is 1.58. The molecule has 0 heterocycles. The third-order valence-electron chi connectivity index (χ3n) is 2.25. The Morgan fingerprint density at radius 3 is 2.70 bits per heavy atom. The Morgan fingerprint density at radius 2 is 2.10 bits per heavy atom. The van der Waals surface area contributed by atoms with Crippen molar-refractivity contribution >= 4 is 11.7 Å². The number of rotatable bonds is 2. The standard InChI is InChI=1S/C13H13F3N2O2/c1-9-4-5-10(3-2-6-19)7-11(9)18-12(20)17-8-13(14,15)16/h4-5,7,19H,6,8H2,1H3,(H2,17,18,20). The number of carbonyl (C=O) groups is 1. The summed E-state index contributed by atoms with van der Waals surface area (Å²) in [6.45, 7) is -0.00673. The molecule has 0 atom stereocenters. The maximum absolute atomic E-state index is 12.0. The molecular formula is C13H13F3N2O2. The van der Waals surface area contributed by atoms with E-state index in [4.69, 9.17) is 5.11 Å². The van der Waals surface area contributed by atoms with Crippen molar-refractivity contribution in [3.05, 3.63) is 29.3 Å². The highest BCUT2D eigenvalue weighted by Gasteiger charge is 2.27. The SMILES string of the molecule is Cc1ccc(C#CCO)cc1NC(=O)NCC(F)(F)F. The van der Waals surface area contributed by atoms with Gasteiger partial charge in [-0.15, -0.1) is 0 Å². The van der Waals surface area contributed by atoms with E-state index in [0.29, 0.717) is 16.8 Å². The second kappa shape index (κ2) is 6.82. The van der Waals surface area contributed by atoms with E-state index in [1.54, 1.807) is 24.4 Å². The maximum Gasteiger partial charge on any atom is 0.405 e. The lowest BCUT2D eigenvalue weighted by Gasteiger charge is -2.11. The van der Waals surface area contributed by atoms with Crippen LogP contribution in [0.4, 0.5) is 23.7 Å². The van der Waals surface area contributed by atoms with Crippen molar-refractivity contribution in [1.29, 1.82) is 0 Å². The largest absolute Gasteiger partial charge is 0.405 e. The second-order valence-electron chi connectivity index (χ2n) is 3.91. The number of hydrogen-bond acceptors (Lipinski definition) is 2. The minimum absolute atomic E-state index is 0.303. The van der Waals surface area contributed by atoms with Gasteiger partial charge in [0, 0.05) is 11.3 Å². The lowest BCUT2D eigenvalue weighted by atomic mass is 10.1. The van der Waals surface area contributed by atoms with Crippen LogP contribution in [0.3, 0.4) is 0 Å². The van der Waals surface area contributed by atoms with E-state index < -0.39 is 18.8 Å². The van der Waals surface area contributed by atoms with E-state index in [0.717, 1.165) is 0 Å². The van der Waals surface area contributed by atoms with Gasteiger partial charge in [0.2, 0.25) is 0 Å². The van der Waals surface area contributed by atoms with Gasteiger partial charge in [-0.05, 0) is 24.6 Å². The van der Waals surface area contributed by atoms with Gasteiger partial charge in [-0.25, -0.2) is 4.79 Å². The molecule has 1 aromatic rings. The van der Waals surface area contributed by atoms with Crippen molar-refractivity contribution < 1.29 is 23.1 Å². The fourth-order valence-electron chi connectivity index (χ4n) is 1.32. The summed E-state index contributed by atoms with van der Waals surface area (Å²) >= 11 is 0. The van der Waals surface area contributed by atoms with Gasteiger partial charge in [0.05, 0.1) is 0 Å². The molecule has 0 aliphatic rings. The summed E-state index contributed by atoms with van der Waals surface area (Å²) < 4.78 is 35.9. The Bertz CT molecular complexity index is 545. The first-order valence-corrected chi connectivity index (χ1v) is 5.64. The molecule has 0 unspecified atom stereocenters. The van der Waals surface area contributed by atoms with E-state index in [9.17, 15) is 18.0 Å². The normalized spacial score (nSPS) is 10.4. The molecule has 0 saturated heterocycles. The summed E-state index contributed by atoms with van der Waals surface area (Å²) in [6, 6.07) is 3.92. The van der Waals surface area contributed by atoms with E-state index >= 15 is 0 Å². The number of carbonyl (C=O) groups excluding carboxylic acids is 1. The third-order valence-corrected chi connectivity index (χ3v) is 2.25. The van der Waals surface area contributed by atoms with Gasteiger partial charge < -0.3 is 15.7 Å². The smallest absolute Gasteiger partial charge is 0.384 e. The van der Waals surface area contributed by atoms with E-state index in [1.165, 1.54) is 6.07 Å². The van der Waals surface area contributed by atoms with Gasteiger partial charge in [-0.1, -0.05) is 17.9 Å². The molecule has 0 aromatic heterocycles. The summed E-state index contributed by atoms with van der Waals surface area (Å²) in [5, 5.41) is 12.6. The van der Waals surface area contributed by atoms with Crippen molar-refractivity contribution in [2.45, 2.75) is 13.1 Å². The molecule has 7 heteroatoms. The average molecular weight is 286 g/mol. The summed E-state index contributed by atoms with van der Waals surface area (Å²) in [7, 11) is 0. The molecule has 0 saturated carbocycles. The Morgan fingerprint density at radius 1 is 1.40 bits per heavy atom. The van der Waals surface area contributed by atoms with E-state index in [2.05, 4.69) is 17.2 Å². The maximum atomic E-state index is 12.0. The number of amides is 2. The molecule has 20 heavy (non-hydrogen) atoms. The molecule has 1 aromatic carbocycles. The quantitative estimate of drug-likeness (QED) is 0.728. The highest BCUT2D eigenvalue weighted by atomic mass is 19.4. The second-order valence-corrected chi connectivity index (χ2v) is 3.91. The molecule has 0 aliphatic carbocycles. The number of alkyl halides is 3. The van der Waals surface area contributed by atoms with E-state index in [1.807, 2.05) is 0 Å². The van der Waals surface area contributed by atoms with Crippen molar-refractivity contribution in [3.63, 3.8) is 0 Å². The Kier molecular flexibility index (Phi) is 5.41. The molecule has 0 bridgehead atoms.